The van der Waals surface area contributed by atoms with Crippen LogP contribution in [0.1, 0.15) is 16.5 Å². The number of thiophene rings is 1. The standard InChI is InChI=1S/C21H11F5N4O2S/c22-11-5-9(15-3-4-16(33-15)21(24,25)26)6-12(23)17(11)18-19(31)29-20(32)30(18)10-1-2-13-14(7-10)28-8-27-13/h1-8,18H,(H,27,28)(H,29,31,32). The normalized spacial score (nSPS) is 16.6. The molecule has 1 aliphatic rings. The number of fused-ring (bicyclic) bond motifs is 1. The van der Waals surface area contributed by atoms with Crippen LogP contribution in [0.25, 0.3) is 21.5 Å². The Balaban J connectivity index is 1.57. The van der Waals surface area contributed by atoms with Crippen LogP contribution in [0.4, 0.5) is 32.4 Å². The topological polar surface area (TPSA) is 78.1 Å². The Morgan fingerprint density at radius 2 is 1.73 bits per heavy atom. The third-order valence-electron chi connectivity index (χ3n) is 5.16. The van der Waals surface area contributed by atoms with Crippen LogP contribution < -0.4 is 10.2 Å². The molecule has 0 radical (unpaired) electrons. The Morgan fingerprint density at radius 3 is 2.39 bits per heavy atom. The second-order valence-corrected chi connectivity index (χ2v) is 8.27. The van der Waals surface area contributed by atoms with Crippen LogP contribution in [0.5, 0.6) is 0 Å². The Morgan fingerprint density at radius 1 is 1.00 bits per heavy atom. The average molecular weight is 478 g/mol. The highest BCUT2D eigenvalue weighted by atomic mass is 32.1. The third kappa shape index (κ3) is 3.52. The van der Waals surface area contributed by atoms with E-state index in [0.29, 0.717) is 22.4 Å². The Bertz CT molecular complexity index is 1400. The highest BCUT2D eigenvalue weighted by Gasteiger charge is 2.43. The molecular weight excluding hydrogens is 467 g/mol. The predicted octanol–water partition coefficient (Wildman–Crippen LogP) is 5.39. The van der Waals surface area contributed by atoms with E-state index in [1.165, 1.54) is 18.5 Å². The summed E-state index contributed by atoms with van der Waals surface area (Å²) >= 11 is 0.337. The first kappa shape index (κ1) is 21.1. The largest absolute Gasteiger partial charge is 0.425 e. The van der Waals surface area contributed by atoms with Gasteiger partial charge in [0.25, 0.3) is 5.91 Å². The summed E-state index contributed by atoms with van der Waals surface area (Å²) in [6.07, 6.45) is -3.16. The fourth-order valence-corrected chi connectivity index (χ4v) is 4.56. The lowest BCUT2D eigenvalue weighted by atomic mass is 10.0. The van der Waals surface area contributed by atoms with Gasteiger partial charge in [-0.15, -0.1) is 11.3 Å². The molecule has 0 saturated carbocycles. The van der Waals surface area contributed by atoms with Crippen LogP contribution in [0.15, 0.2) is 48.8 Å². The first-order chi connectivity index (χ1) is 15.6. The molecule has 1 atom stereocenters. The monoisotopic (exact) mass is 478 g/mol. The number of amides is 3. The van der Waals surface area contributed by atoms with E-state index in [-0.39, 0.29) is 16.1 Å². The number of nitrogens with zero attached hydrogens (tertiary/aromatic N) is 2. The lowest BCUT2D eigenvalue weighted by molar-refractivity contribution is -0.134. The maximum atomic E-state index is 15.1. The number of rotatable bonds is 3. The SMILES string of the molecule is O=C1NC(=O)N(c2ccc3[nH]cnc3c2)C1c1c(F)cc(-c2ccc(C(F)(F)F)s2)cc1F. The number of imide groups is 1. The number of urea groups is 1. The van der Waals surface area contributed by atoms with Crippen LogP contribution in [-0.2, 0) is 11.0 Å². The zero-order valence-electron chi connectivity index (χ0n) is 16.2. The summed E-state index contributed by atoms with van der Waals surface area (Å²) in [5, 5.41) is 2.04. The molecule has 2 aromatic heterocycles. The molecule has 0 spiro atoms. The number of carbonyl (C=O) groups is 2. The molecule has 2 N–H and O–H groups in total. The molecule has 3 heterocycles. The summed E-state index contributed by atoms with van der Waals surface area (Å²) in [5.41, 5.74) is 0.476. The van der Waals surface area contributed by atoms with Crippen molar-refractivity contribution >= 4 is 40.0 Å². The van der Waals surface area contributed by atoms with E-state index < -0.39 is 46.2 Å². The first-order valence-electron chi connectivity index (χ1n) is 9.37. The fourth-order valence-electron chi connectivity index (χ4n) is 3.70. The molecule has 0 aliphatic carbocycles. The molecule has 12 heteroatoms. The molecule has 6 nitrogen and oxygen atoms in total. The number of imidazole rings is 1. The maximum Gasteiger partial charge on any atom is 0.425 e. The molecule has 1 unspecified atom stereocenters. The summed E-state index contributed by atoms with van der Waals surface area (Å²) in [4.78, 5) is 31.9. The number of H-pyrrole nitrogens is 1. The number of nitrogens with one attached hydrogen (secondary N) is 2. The van der Waals surface area contributed by atoms with Gasteiger partial charge in [0, 0.05) is 10.6 Å². The molecule has 168 valence electrons. The van der Waals surface area contributed by atoms with Crippen molar-refractivity contribution in [1.29, 1.82) is 0 Å². The van der Waals surface area contributed by atoms with Crippen molar-refractivity contribution < 1.29 is 31.5 Å². The molecule has 3 amide bonds. The van der Waals surface area contributed by atoms with Crippen LogP contribution in [0, 0.1) is 11.6 Å². The number of hydrogen-bond acceptors (Lipinski definition) is 4. The average Bonchev–Trinajstić information content (AvgIpc) is 3.46. The molecule has 4 aromatic rings. The number of alkyl halides is 3. The van der Waals surface area contributed by atoms with Crippen molar-refractivity contribution in [1.82, 2.24) is 15.3 Å². The van der Waals surface area contributed by atoms with Crippen molar-refractivity contribution in [3.63, 3.8) is 0 Å². The minimum atomic E-state index is -4.59. The molecule has 5 rings (SSSR count). The highest BCUT2D eigenvalue weighted by molar-refractivity contribution is 7.15. The summed E-state index contributed by atoms with van der Waals surface area (Å²) in [7, 11) is 0. The van der Waals surface area contributed by atoms with E-state index in [1.807, 2.05) is 5.32 Å². The molecule has 2 aromatic carbocycles. The van der Waals surface area contributed by atoms with Crippen molar-refractivity contribution in [2.45, 2.75) is 12.2 Å². The number of aromatic nitrogens is 2. The lowest BCUT2D eigenvalue weighted by Crippen LogP contribution is -2.30. The smallest absolute Gasteiger partial charge is 0.345 e. The number of halogens is 5. The molecule has 1 aliphatic heterocycles. The maximum absolute atomic E-state index is 15.1. The minimum absolute atomic E-state index is 0.000496. The Labute approximate surface area is 185 Å². The van der Waals surface area contributed by atoms with Gasteiger partial charge in [-0.3, -0.25) is 15.0 Å². The van der Waals surface area contributed by atoms with Gasteiger partial charge >= 0.3 is 12.2 Å². The molecule has 1 saturated heterocycles. The first-order valence-corrected chi connectivity index (χ1v) is 10.2. The van der Waals surface area contributed by atoms with Gasteiger partial charge in [0.15, 0.2) is 0 Å². The molecule has 0 bridgehead atoms. The number of aromatic amines is 1. The van der Waals surface area contributed by atoms with Crippen molar-refractivity contribution in [2.24, 2.45) is 0 Å². The van der Waals surface area contributed by atoms with Crippen LogP contribution in [0.2, 0.25) is 0 Å². The number of anilines is 1. The molecular formula is C21H11F5N4O2S. The predicted molar refractivity (Wildman–Crippen MR) is 110 cm³/mol. The van der Waals surface area contributed by atoms with Crippen LogP contribution in [0.3, 0.4) is 0 Å². The lowest BCUT2D eigenvalue weighted by Gasteiger charge is -2.23. The van der Waals surface area contributed by atoms with Gasteiger partial charge in [0.1, 0.15) is 22.6 Å². The van der Waals surface area contributed by atoms with Crippen molar-refractivity contribution in [2.75, 3.05) is 4.90 Å². The number of carbonyl (C=O) groups excluding carboxylic acids is 2. The number of hydrogen-bond donors (Lipinski definition) is 2. The second kappa shape index (κ2) is 7.37. The van der Waals surface area contributed by atoms with Gasteiger partial charge in [-0.1, -0.05) is 0 Å². The van der Waals surface area contributed by atoms with Crippen LogP contribution in [-0.4, -0.2) is 21.9 Å². The fraction of sp³-hybridized carbons (Fsp3) is 0.0952. The quantitative estimate of drug-likeness (QED) is 0.306. The summed E-state index contributed by atoms with van der Waals surface area (Å²) in [6, 6.07) is 5.64. The molecule has 1 fully saturated rings. The van der Waals surface area contributed by atoms with E-state index in [4.69, 9.17) is 0 Å². The van der Waals surface area contributed by atoms with Gasteiger partial charge in [0.05, 0.1) is 22.9 Å². The van der Waals surface area contributed by atoms with Crippen LogP contribution >= 0.6 is 11.3 Å². The van der Waals surface area contributed by atoms with E-state index in [1.54, 1.807) is 6.07 Å². The van der Waals surface area contributed by atoms with E-state index >= 15 is 8.78 Å². The van der Waals surface area contributed by atoms with Gasteiger partial charge in [-0.05, 0) is 48.0 Å². The molecule has 33 heavy (non-hydrogen) atoms. The zero-order valence-corrected chi connectivity index (χ0v) is 17.0. The van der Waals surface area contributed by atoms with E-state index in [2.05, 4.69) is 9.97 Å². The summed E-state index contributed by atoms with van der Waals surface area (Å²) in [6.45, 7) is 0. The van der Waals surface area contributed by atoms with Crippen molar-refractivity contribution in [3.05, 3.63) is 70.9 Å². The van der Waals surface area contributed by atoms with E-state index in [0.717, 1.165) is 29.2 Å². The highest BCUT2D eigenvalue weighted by Crippen LogP contribution is 2.41. The minimum Gasteiger partial charge on any atom is -0.345 e. The Hall–Kier alpha value is -3.80. The zero-order chi connectivity index (χ0) is 23.5. The van der Waals surface area contributed by atoms with Gasteiger partial charge < -0.3 is 4.98 Å². The van der Waals surface area contributed by atoms with Gasteiger partial charge in [-0.2, -0.15) is 13.2 Å². The summed E-state index contributed by atoms with van der Waals surface area (Å²) in [5.74, 6) is -3.29. The number of benzene rings is 2. The van der Waals surface area contributed by atoms with Crippen molar-refractivity contribution in [3.8, 4) is 10.4 Å². The Kier molecular flexibility index (Phi) is 4.71. The third-order valence-corrected chi connectivity index (χ3v) is 6.34. The van der Waals surface area contributed by atoms with E-state index in [9.17, 15) is 22.8 Å². The second-order valence-electron chi connectivity index (χ2n) is 7.19. The van der Waals surface area contributed by atoms with Gasteiger partial charge in [-0.25, -0.2) is 18.6 Å². The van der Waals surface area contributed by atoms with Gasteiger partial charge in [0.2, 0.25) is 0 Å². The summed E-state index contributed by atoms with van der Waals surface area (Å²) < 4.78 is 68.8.